The Balaban J connectivity index is 1.70. The van der Waals surface area contributed by atoms with E-state index in [0.29, 0.717) is 23.5 Å². The van der Waals surface area contributed by atoms with Crippen molar-refractivity contribution < 1.29 is 9.84 Å². The van der Waals surface area contributed by atoms with Crippen LogP contribution in [-0.2, 0) is 6.42 Å². The monoisotopic (exact) mass is 360 g/mol. The van der Waals surface area contributed by atoms with E-state index in [1.807, 2.05) is 12.1 Å². The molecule has 0 saturated heterocycles. The van der Waals surface area contributed by atoms with Gasteiger partial charge >= 0.3 is 0 Å². The van der Waals surface area contributed by atoms with Gasteiger partial charge in [0.2, 0.25) is 0 Å². The van der Waals surface area contributed by atoms with E-state index in [4.69, 9.17) is 4.74 Å². The van der Waals surface area contributed by atoms with E-state index in [9.17, 15) is 5.11 Å². The Labute approximate surface area is 162 Å². The Kier molecular flexibility index (Phi) is 5.33. The van der Waals surface area contributed by atoms with E-state index >= 15 is 0 Å². The molecule has 0 amide bonds. The number of benzene rings is 2. The molecule has 0 heterocycles. The van der Waals surface area contributed by atoms with Crippen LogP contribution in [0.15, 0.2) is 66.8 Å². The fourth-order valence-corrected chi connectivity index (χ4v) is 4.63. The van der Waals surface area contributed by atoms with Crippen LogP contribution in [0.1, 0.15) is 48.8 Å². The number of phenols is 1. The molecule has 2 aromatic rings. The minimum atomic E-state index is 0.357. The van der Waals surface area contributed by atoms with Gasteiger partial charge < -0.3 is 9.84 Å². The lowest BCUT2D eigenvalue weighted by atomic mass is 9.66. The zero-order valence-electron chi connectivity index (χ0n) is 16.0. The normalized spacial score (nSPS) is 23.8. The Bertz CT molecular complexity index is 832. The highest BCUT2D eigenvalue weighted by atomic mass is 16.5. The first-order chi connectivity index (χ1) is 13.3. The smallest absolute Gasteiger partial charge is 0.119 e. The average molecular weight is 360 g/mol. The summed E-state index contributed by atoms with van der Waals surface area (Å²) in [6.45, 7) is 2.88. The molecule has 0 bridgehead atoms. The topological polar surface area (TPSA) is 29.5 Å². The van der Waals surface area contributed by atoms with Gasteiger partial charge in [-0.05, 0) is 78.5 Å². The fourth-order valence-electron chi connectivity index (χ4n) is 4.63. The van der Waals surface area contributed by atoms with Crippen LogP contribution in [0.25, 0.3) is 0 Å². The van der Waals surface area contributed by atoms with Gasteiger partial charge in [-0.3, -0.25) is 0 Å². The van der Waals surface area contributed by atoms with Gasteiger partial charge in [0, 0.05) is 5.92 Å². The van der Waals surface area contributed by atoms with Gasteiger partial charge in [-0.15, -0.1) is 0 Å². The van der Waals surface area contributed by atoms with Gasteiger partial charge in [0.1, 0.15) is 11.5 Å². The number of aryl methyl sites for hydroxylation is 1. The molecule has 2 nitrogen and oxygen atoms in total. The summed E-state index contributed by atoms with van der Waals surface area (Å²) in [6.07, 6.45) is 13.3. The van der Waals surface area contributed by atoms with E-state index in [1.165, 1.54) is 16.7 Å². The van der Waals surface area contributed by atoms with Gasteiger partial charge in [0.15, 0.2) is 0 Å². The highest BCUT2D eigenvalue weighted by Crippen LogP contribution is 2.46. The first-order valence-electron chi connectivity index (χ1n) is 10.1. The van der Waals surface area contributed by atoms with E-state index < -0.39 is 0 Å². The summed E-state index contributed by atoms with van der Waals surface area (Å²) in [5, 5.41) is 9.94. The second kappa shape index (κ2) is 8.04. The molecule has 0 spiro atoms. The molecule has 3 atom stereocenters. The summed E-state index contributed by atoms with van der Waals surface area (Å²) in [4.78, 5) is 0. The third kappa shape index (κ3) is 3.80. The molecule has 140 valence electrons. The minimum absolute atomic E-state index is 0.357. The highest BCUT2D eigenvalue weighted by molar-refractivity contribution is 5.45. The highest BCUT2D eigenvalue weighted by Gasteiger charge is 2.35. The Hall–Kier alpha value is -2.48. The van der Waals surface area contributed by atoms with Gasteiger partial charge in [0.05, 0.1) is 6.61 Å². The summed E-state index contributed by atoms with van der Waals surface area (Å²) in [6, 6.07) is 14.6. The van der Waals surface area contributed by atoms with Crippen molar-refractivity contribution in [1.29, 1.82) is 0 Å². The maximum Gasteiger partial charge on any atom is 0.119 e. The third-order valence-corrected chi connectivity index (χ3v) is 5.91. The molecule has 1 unspecified atom stereocenters. The third-order valence-electron chi connectivity index (χ3n) is 5.91. The molecule has 0 fully saturated rings. The lowest BCUT2D eigenvalue weighted by molar-refractivity contribution is 0.312. The minimum Gasteiger partial charge on any atom is -0.508 e. The standard InChI is InChI=1S/C25H28O2/c1-2-16-27-22-12-8-19(9-13-22)25-23(18-6-4-3-5-7-18)14-10-20-17-21(26)11-15-24(20)25/h3-6,8-9,11-13,15,17-18,23,25-26H,2,7,10,14,16H2,1H3/t18?,23-,25+/m1/s1. The van der Waals surface area contributed by atoms with Crippen molar-refractivity contribution in [2.75, 3.05) is 6.61 Å². The summed E-state index contributed by atoms with van der Waals surface area (Å²) < 4.78 is 5.77. The van der Waals surface area contributed by atoms with Crippen molar-refractivity contribution in [3.05, 3.63) is 83.5 Å². The van der Waals surface area contributed by atoms with E-state index in [-0.39, 0.29) is 0 Å². The second-order valence-electron chi connectivity index (χ2n) is 7.69. The zero-order valence-corrected chi connectivity index (χ0v) is 16.0. The van der Waals surface area contributed by atoms with Crippen LogP contribution in [0.5, 0.6) is 11.5 Å². The number of phenolic OH excluding ortho intramolecular Hbond substituents is 1. The quantitative estimate of drug-likeness (QED) is 0.708. The lowest BCUT2D eigenvalue weighted by Crippen LogP contribution is -2.27. The van der Waals surface area contributed by atoms with Crippen LogP contribution in [0.2, 0.25) is 0 Å². The average Bonchev–Trinajstić information content (AvgIpc) is 2.72. The van der Waals surface area contributed by atoms with Gasteiger partial charge in [-0.1, -0.05) is 49.4 Å². The molecule has 2 aliphatic rings. The fraction of sp³-hybridized carbons (Fsp3) is 0.360. The summed E-state index contributed by atoms with van der Waals surface area (Å²) >= 11 is 0. The number of ether oxygens (including phenoxy) is 1. The number of hydrogen-bond donors (Lipinski definition) is 1. The largest absolute Gasteiger partial charge is 0.508 e. The molecule has 2 aromatic carbocycles. The number of fused-ring (bicyclic) bond motifs is 1. The van der Waals surface area contributed by atoms with Crippen molar-refractivity contribution in [3.63, 3.8) is 0 Å². The Morgan fingerprint density at radius 3 is 2.67 bits per heavy atom. The summed E-state index contributed by atoms with van der Waals surface area (Å²) in [7, 11) is 0. The molecule has 0 radical (unpaired) electrons. The number of aromatic hydroxyl groups is 1. The molecule has 0 saturated carbocycles. The summed E-state index contributed by atoms with van der Waals surface area (Å²) in [5.74, 6) is 2.81. The van der Waals surface area contributed by atoms with E-state index in [0.717, 1.165) is 38.0 Å². The van der Waals surface area contributed by atoms with Gasteiger partial charge in [-0.2, -0.15) is 0 Å². The molecule has 0 aromatic heterocycles. The number of rotatable bonds is 5. The van der Waals surface area contributed by atoms with Crippen molar-refractivity contribution in [1.82, 2.24) is 0 Å². The zero-order chi connectivity index (χ0) is 18.6. The molecule has 1 N–H and O–H groups in total. The van der Waals surface area contributed by atoms with E-state index in [2.05, 4.69) is 61.6 Å². The van der Waals surface area contributed by atoms with Crippen LogP contribution >= 0.6 is 0 Å². The number of allylic oxidation sites excluding steroid dienone is 4. The Morgan fingerprint density at radius 2 is 1.93 bits per heavy atom. The van der Waals surface area contributed by atoms with Crippen molar-refractivity contribution in [3.8, 4) is 11.5 Å². The van der Waals surface area contributed by atoms with Gasteiger partial charge in [-0.25, -0.2) is 0 Å². The lowest BCUT2D eigenvalue weighted by Gasteiger charge is -2.38. The van der Waals surface area contributed by atoms with Crippen LogP contribution in [0, 0.1) is 11.8 Å². The molecule has 0 aliphatic heterocycles. The van der Waals surface area contributed by atoms with Crippen LogP contribution < -0.4 is 4.74 Å². The number of hydrogen-bond acceptors (Lipinski definition) is 2. The predicted molar refractivity (Wildman–Crippen MR) is 110 cm³/mol. The molecular formula is C25H28O2. The maximum absolute atomic E-state index is 9.94. The second-order valence-corrected chi connectivity index (χ2v) is 7.69. The van der Waals surface area contributed by atoms with Crippen LogP contribution in [0.3, 0.4) is 0 Å². The van der Waals surface area contributed by atoms with Crippen LogP contribution in [0.4, 0.5) is 0 Å². The molecule has 4 rings (SSSR count). The molecule has 27 heavy (non-hydrogen) atoms. The molecular weight excluding hydrogens is 332 g/mol. The molecule has 2 aliphatic carbocycles. The first-order valence-corrected chi connectivity index (χ1v) is 10.1. The maximum atomic E-state index is 9.94. The molecule has 2 heteroatoms. The van der Waals surface area contributed by atoms with Crippen molar-refractivity contribution >= 4 is 0 Å². The first kappa shape index (κ1) is 17.9. The SMILES string of the molecule is CCCOc1ccc([C@@H]2c3ccc(O)cc3CC[C@@H]2C2C=CC=CC2)cc1. The summed E-state index contributed by atoms with van der Waals surface area (Å²) in [5.41, 5.74) is 4.01. The van der Waals surface area contributed by atoms with Crippen LogP contribution in [-0.4, -0.2) is 11.7 Å². The Morgan fingerprint density at radius 1 is 1.07 bits per heavy atom. The van der Waals surface area contributed by atoms with E-state index in [1.54, 1.807) is 0 Å². The van der Waals surface area contributed by atoms with Crippen molar-refractivity contribution in [2.24, 2.45) is 11.8 Å². The predicted octanol–water partition coefficient (Wildman–Crippen LogP) is 6.01. The van der Waals surface area contributed by atoms with Crippen molar-refractivity contribution in [2.45, 2.75) is 38.5 Å². The van der Waals surface area contributed by atoms with Gasteiger partial charge in [0.25, 0.3) is 0 Å².